The highest BCUT2D eigenvalue weighted by Crippen LogP contribution is 2.46. The summed E-state index contributed by atoms with van der Waals surface area (Å²) >= 11 is 0. The molecule has 0 spiro atoms. The lowest BCUT2D eigenvalue weighted by molar-refractivity contribution is 0.669. The van der Waals surface area contributed by atoms with Gasteiger partial charge in [0.05, 0.1) is 1.37 Å². The molecule has 1 nitrogen and oxygen atoms in total. The van der Waals surface area contributed by atoms with E-state index in [-0.39, 0.29) is 0 Å². The lowest BCUT2D eigenvalue weighted by Crippen LogP contribution is -1.92. The van der Waals surface area contributed by atoms with Crippen molar-refractivity contribution in [2.45, 2.75) is 0 Å². The van der Waals surface area contributed by atoms with Crippen LogP contribution in [0, 0.1) is 0 Å². The molecule has 0 atom stereocenters. The zero-order valence-electron chi connectivity index (χ0n) is 24.3. The first-order valence-corrected chi connectivity index (χ1v) is 14.7. The second kappa shape index (κ2) is 9.44. The van der Waals surface area contributed by atoms with E-state index in [9.17, 15) is 0 Å². The molecule has 43 heavy (non-hydrogen) atoms. The Morgan fingerprint density at radius 2 is 0.953 bits per heavy atom. The van der Waals surface area contributed by atoms with E-state index < -0.39 is 0 Å². The van der Waals surface area contributed by atoms with Crippen LogP contribution in [-0.2, 0) is 0 Å². The van der Waals surface area contributed by atoms with Gasteiger partial charge in [0.1, 0.15) is 11.2 Å². The summed E-state index contributed by atoms with van der Waals surface area (Å²) in [6, 6.07) is 53.9. The number of hydrogen-bond acceptors (Lipinski definition) is 1. The van der Waals surface area contributed by atoms with E-state index >= 15 is 0 Å². The van der Waals surface area contributed by atoms with E-state index in [1.807, 2.05) is 24.3 Å². The summed E-state index contributed by atoms with van der Waals surface area (Å²) in [5.74, 6) is 0. The Labute approximate surface area is 250 Å². The van der Waals surface area contributed by atoms with Crippen molar-refractivity contribution in [1.29, 1.82) is 0 Å². The van der Waals surface area contributed by atoms with Crippen LogP contribution in [0.25, 0.3) is 87.6 Å². The Hall–Kier alpha value is -5.66. The van der Waals surface area contributed by atoms with Crippen LogP contribution in [0.4, 0.5) is 0 Å². The van der Waals surface area contributed by atoms with Crippen molar-refractivity contribution in [2.24, 2.45) is 0 Å². The third-order valence-electron chi connectivity index (χ3n) is 8.77. The highest BCUT2D eigenvalue weighted by atomic mass is 16.3. The third kappa shape index (κ3) is 3.65. The van der Waals surface area contributed by atoms with Crippen molar-refractivity contribution >= 4 is 54.3 Å². The molecular formula is C42H26O. The zero-order chi connectivity index (χ0) is 29.2. The second-order valence-corrected chi connectivity index (χ2v) is 11.1. The smallest absolute Gasteiger partial charge is 0.136 e. The molecule has 0 unspecified atom stereocenters. The maximum absolute atomic E-state index is 8.56. The number of hydrogen-bond donors (Lipinski definition) is 0. The number of fused-ring (bicyclic) bond motifs is 6. The summed E-state index contributed by atoms with van der Waals surface area (Å²) in [6.45, 7) is 0. The first kappa shape index (κ1) is 23.0. The second-order valence-electron chi connectivity index (χ2n) is 11.1. The van der Waals surface area contributed by atoms with Crippen LogP contribution in [0.5, 0.6) is 0 Å². The standard InChI is InChI=1S/C42H26O/c1-2-16-30-27(12-1)13-10-23-32(30)41-35-19-5-3-17-33(35)40(34-18-4-6-20-36(34)41)29-15-9-14-28(26-29)31-22-11-25-39-42(31)37-21-7-8-24-38(37)43-39/h1-26H/i13D. The van der Waals surface area contributed by atoms with Gasteiger partial charge in [-0.2, -0.15) is 0 Å². The van der Waals surface area contributed by atoms with Gasteiger partial charge in [-0.3, -0.25) is 0 Å². The van der Waals surface area contributed by atoms with Gasteiger partial charge in [-0.1, -0.05) is 140 Å². The molecule has 0 aliphatic carbocycles. The lowest BCUT2D eigenvalue weighted by Gasteiger charge is -2.19. The van der Waals surface area contributed by atoms with Crippen LogP contribution < -0.4 is 0 Å². The minimum atomic E-state index is 0.548. The molecule has 9 rings (SSSR count). The van der Waals surface area contributed by atoms with Gasteiger partial charge in [-0.25, -0.2) is 0 Å². The minimum Gasteiger partial charge on any atom is -0.456 e. The molecule has 1 heterocycles. The Morgan fingerprint density at radius 1 is 0.395 bits per heavy atom. The van der Waals surface area contributed by atoms with Crippen molar-refractivity contribution in [3.63, 3.8) is 0 Å². The summed E-state index contributed by atoms with van der Waals surface area (Å²) in [5, 5.41) is 9.19. The van der Waals surface area contributed by atoms with E-state index in [1.165, 1.54) is 43.8 Å². The highest BCUT2D eigenvalue weighted by Gasteiger charge is 2.19. The molecular weight excluding hydrogens is 520 g/mol. The normalized spacial score (nSPS) is 12.0. The topological polar surface area (TPSA) is 13.1 Å². The first-order valence-electron chi connectivity index (χ1n) is 15.2. The third-order valence-corrected chi connectivity index (χ3v) is 8.77. The van der Waals surface area contributed by atoms with E-state index in [4.69, 9.17) is 5.79 Å². The molecule has 0 saturated heterocycles. The molecule has 0 amide bonds. The molecule has 200 valence electrons. The average molecular weight is 548 g/mol. The summed E-state index contributed by atoms with van der Waals surface area (Å²) in [5.41, 5.74) is 8.91. The number of para-hydroxylation sites is 1. The fraction of sp³-hybridized carbons (Fsp3) is 0. The fourth-order valence-electron chi connectivity index (χ4n) is 6.95. The SMILES string of the molecule is [2H]c1ccc(-c2c3ccccc3c(-c3cccc(-c4cccc5oc6ccccc6c45)c3)c3ccccc23)c2ccccc12. The van der Waals surface area contributed by atoms with Crippen LogP contribution in [-0.4, -0.2) is 0 Å². The van der Waals surface area contributed by atoms with Crippen molar-refractivity contribution in [2.75, 3.05) is 0 Å². The maximum Gasteiger partial charge on any atom is 0.136 e. The van der Waals surface area contributed by atoms with Gasteiger partial charge in [0.2, 0.25) is 0 Å². The van der Waals surface area contributed by atoms with Crippen molar-refractivity contribution in [3.05, 3.63) is 158 Å². The highest BCUT2D eigenvalue weighted by molar-refractivity contribution is 6.23. The minimum absolute atomic E-state index is 0.548. The maximum atomic E-state index is 8.56. The number of furan rings is 1. The number of benzene rings is 8. The van der Waals surface area contributed by atoms with Crippen LogP contribution >= 0.6 is 0 Å². The predicted molar refractivity (Wildman–Crippen MR) is 183 cm³/mol. The Balaban J connectivity index is 1.35. The molecule has 0 fully saturated rings. The van der Waals surface area contributed by atoms with Gasteiger partial charge in [0, 0.05) is 10.8 Å². The molecule has 0 aliphatic heterocycles. The largest absolute Gasteiger partial charge is 0.456 e. The van der Waals surface area contributed by atoms with Crippen molar-refractivity contribution in [1.82, 2.24) is 0 Å². The van der Waals surface area contributed by atoms with Crippen molar-refractivity contribution < 1.29 is 5.79 Å². The quantitative estimate of drug-likeness (QED) is 0.201. The lowest BCUT2D eigenvalue weighted by atomic mass is 9.84. The van der Waals surface area contributed by atoms with E-state index in [2.05, 4.69) is 127 Å². The van der Waals surface area contributed by atoms with Crippen molar-refractivity contribution in [3.8, 4) is 33.4 Å². The molecule has 1 aromatic heterocycles. The summed E-state index contributed by atoms with van der Waals surface area (Å²) < 4.78 is 14.8. The summed E-state index contributed by atoms with van der Waals surface area (Å²) in [7, 11) is 0. The van der Waals surface area contributed by atoms with Gasteiger partial charge >= 0.3 is 0 Å². The van der Waals surface area contributed by atoms with Gasteiger partial charge in [0.25, 0.3) is 0 Å². The molecule has 0 aliphatic rings. The molecule has 9 aromatic rings. The van der Waals surface area contributed by atoms with Gasteiger partial charge < -0.3 is 4.42 Å². The van der Waals surface area contributed by atoms with Gasteiger partial charge in [-0.05, 0) is 83.9 Å². The van der Waals surface area contributed by atoms with E-state index in [0.717, 1.165) is 43.8 Å². The van der Waals surface area contributed by atoms with Gasteiger partial charge in [-0.15, -0.1) is 0 Å². The molecule has 0 radical (unpaired) electrons. The zero-order valence-corrected chi connectivity index (χ0v) is 23.3. The molecule has 0 saturated carbocycles. The monoisotopic (exact) mass is 547 g/mol. The Bertz CT molecular complexity index is 2510. The average Bonchev–Trinajstić information content (AvgIpc) is 3.47. The molecule has 8 aromatic carbocycles. The van der Waals surface area contributed by atoms with Crippen LogP contribution in [0.15, 0.2) is 162 Å². The van der Waals surface area contributed by atoms with Crippen LogP contribution in [0.2, 0.25) is 0 Å². The summed E-state index contributed by atoms with van der Waals surface area (Å²) in [6.07, 6.45) is 0. The fourth-order valence-corrected chi connectivity index (χ4v) is 6.95. The number of rotatable bonds is 3. The van der Waals surface area contributed by atoms with E-state index in [1.54, 1.807) is 0 Å². The molecule has 0 bridgehead atoms. The first-order chi connectivity index (χ1) is 21.8. The van der Waals surface area contributed by atoms with Crippen LogP contribution in [0.1, 0.15) is 1.37 Å². The molecule has 0 N–H and O–H groups in total. The van der Waals surface area contributed by atoms with Gasteiger partial charge in [0.15, 0.2) is 0 Å². The Kier molecular flexibility index (Phi) is 5.04. The molecule has 1 heteroatoms. The van der Waals surface area contributed by atoms with E-state index in [0.29, 0.717) is 6.04 Å². The summed E-state index contributed by atoms with van der Waals surface area (Å²) in [4.78, 5) is 0. The Morgan fingerprint density at radius 3 is 1.72 bits per heavy atom. The predicted octanol–water partition coefficient (Wildman–Crippen LogP) is 12.0. The van der Waals surface area contributed by atoms with Crippen LogP contribution in [0.3, 0.4) is 0 Å².